The molecule has 0 aromatic heterocycles. The molecule has 0 atom stereocenters. The Bertz CT molecular complexity index is 638. The Morgan fingerprint density at radius 3 is 2.32 bits per heavy atom. The number of hydrogen-bond donors (Lipinski definition) is 0. The molecule has 0 bridgehead atoms. The number of ether oxygens (including phenoxy) is 1. The summed E-state index contributed by atoms with van der Waals surface area (Å²) in [6.45, 7) is 5.28. The van der Waals surface area contributed by atoms with E-state index in [1.807, 2.05) is 41.0 Å². The first-order valence-electron chi connectivity index (χ1n) is 11.0. The van der Waals surface area contributed by atoms with Gasteiger partial charge in [0.2, 0.25) is 5.91 Å². The van der Waals surface area contributed by atoms with Crippen molar-refractivity contribution in [3.05, 3.63) is 29.8 Å². The SMILES string of the molecule is CCOc1ccc(C(=O)N2CCCN(C(=O)CCC3CCCCC3)CC2)cc1. The van der Waals surface area contributed by atoms with Gasteiger partial charge < -0.3 is 14.5 Å². The molecule has 0 spiro atoms. The Labute approximate surface area is 169 Å². The molecular weight excluding hydrogens is 352 g/mol. The van der Waals surface area contributed by atoms with Gasteiger partial charge in [-0.2, -0.15) is 0 Å². The van der Waals surface area contributed by atoms with Crippen LogP contribution < -0.4 is 4.74 Å². The topological polar surface area (TPSA) is 49.9 Å². The Morgan fingerprint density at radius 2 is 1.61 bits per heavy atom. The van der Waals surface area contributed by atoms with Gasteiger partial charge in [0.25, 0.3) is 5.91 Å². The zero-order valence-corrected chi connectivity index (χ0v) is 17.2. The summed E-state index contributed by atoms with van der Waals surface area (Å²) in [6.07, 6.45) is 9.13. The van der Waals surface area contributed by atoms with E-state index in [4.69, 9.17) is 4.74 Å². The van der Waals surface area contributed by atoms with Gasteiger partial charge in [-0.15, -0.1) is 0 Å². The Kier molecular flexibility index (Phi) is 7.75. The van der Waals surface area contributed by atoms with Crippen molar-refractivity contribution >= 4 is 11.8 Å². The quantitative estimate of drug-likeness (QED) is 0.739. The van der Waals surface area contributed by atoms with E-state index >= 15 is 0 Å². The molecule has 2 amide bonds. The molecule has 1 saturated carbocycles. The second-order valence-electron chi connectivity index (χ2n) is 8.03. The first kappa shape index (κ1) is 20.7. The van der Waals surface area contributed by atoms with Crippen molar-refractivity contribution in [2.45, 2.75) is 58.3 Å². The largest absolute Gasteiger partial charge is 0.494 e. The lowest BCUT2D eigenvalue weighted by Gasteiger charge is -2.24. The first-order valence-corrected chi connectivity index (χ1v) is 11.0. The third kappa shape index (κ3) is 5.73. The maximum atomic E-state index is 12.8. The van der Waals surface area contributed by atoms with E-state index in [2.05, 4.69) is 0 Å². The van der Waals surface area contributed by atoms with Crippen LogP contribution in [0.5, 0.6) is 5.75 Å². The highest BCUT2D eigenvalue weighted by atomic mass is 16.5. The summed E-state index contributed by atoms with van der Waals surface area (Å²) in [6, 6.07) is 7.34. The van der Waals surface area contributed by atoms with Gasteiger partial charge >= 0.3 is 0 Å². The summed E-state index contributed by atoms with van der Waals surface area (Å²) < 4.78 is 5.44. The first-order chi connectivity index (χ1) is 13.7. The minimum atomic E-state index is 0.0413. The zero-order chi connectivity index (χ0) is 19.8. The van der Waals surface area contributed by atoms with Gasteiger partial charge in [0.1, 0.15) is 5.75 Å². The number of hydrogen-bond acceptors (Lipinski definition) is 3. The molecule has 1 heterocycles. The van der Waals surface area contributed by atoms with Crippen molar-refractivity contribution in [3.8, 4) is 5.75 Å². The van der Waals surface area contributed by atoms with Crippen LogP contribution in [0.4, 0.5) is 0 Å². The average Bonchev–Trinajstić information content (AvgIpc) is 2.99. The fourth-order valence-corrected chi connectivity index (χ4v) is 4.37. The van der Waals surface area contributed by atoms with E-state index in [-0.39, 0.29) is 11.8 Å². The van der Waals surface area contributed by atoms with Crippen LogP contribution >= 0.6 is 0 Å². The number of amides is 2. The highest BCUT2D eigenvalue weighted by molar-refractivity contribution is 5.94. The Balaban J connectivity index is 1.48. The molecule has 1 saturated heterocycles. The van der Waals surface area contributed by atoms with E-state index < -0.39 is 0 Å². The number of benzene rings is 1. The minimum absolute atomic E-state index is 0.0413. The van der Waals surface area contributed by atoms with Crippen LogP contribution in [-0.2, 0) is 4.79 Å². The van der Waals surface area contributed by atoms with Crippen LogP contribution in [0.25, 0.3) is 0 Å². The smallest absolute Gasteiger partial charge is 0.253 e. The zero-order valence-electron chi connectivity index (χ0n) is 17.2. The average molecular weight is 387 g/mol. The summed E-state index contributed by atoms with van der Waals surface area (Å²) in [5.74, 6) is 1.83. The monoisotopic (exact) mass is 386 g/mol. The summed E-state index contributed by atoms with van der Waals surface area (Å²) in [7, 11) is 0. The predicted octanol–water partition coefficient (Wildman–Crippen LogP) is 4.12. The molecule has 3 rings (SSSR count). The Morgan fingerprint density at radius 1 is 0.929 bits per heavy atom. The minimum Gasteiger partial charge on any atom is -0.494 e. The van der Waals surface area contributed by atoms with Crippen LogP contribution in [0.3, 0.4) is 0 Å². The van der Waals surface area contributed by atoms with Crippen molar-refractivity contribution in [2.24, 2.45) is 5.92 Å². The van der Waals surface area contributed by atoms with Gasteiger partial charge in [0.05, 0.1) is 6.61 Å². The maximum absolute atomic E-state index is 12.8. The molecule has 0 radical (unpaired) electrons. The number of nitrogens with zero attached hydrogens (tertiary/aromatic N) is 2. The van der Waals surface area contributed by atoms with E-state index in [0.717, 1.165) is 31.1 Å². The van der Waals surface area contributed by atoms with E-state index in [1.165, 1.54) is 32.1 Å². The molecule has 1 aromatic rings. The standard InChI is InChI=1S/C23H34N2O3/c1-2-28-21-12-10-20(11-13-21)23(27)25-16-6-15-24(17-18-25)22(26)14-9-19-7-4-3-5-8-19/h10-13,19H,2-9,14-18H2,1H3. The summed E-state index contributed by atoms with van der Waals surface area (Å²) in [5, 5.41) is 0. The van der Waals surface area contributed by atoms with E-state index in [1.54, 1.807) is 0 Å². The van der Waals surface area contributed by atoms with Crippen molar-refractivity contribution in [1.82, 2.24) is 9.80 Å². The summed E-state index contributed by atoms with van der Waals surface area (Å²) >= 11 is 0. The highest BCUT2D eigenvalue weighted by Crippen LogP contribution is 2.27. The van der Waals surface area contributed by atoms with Crippen LogP contribution in [-0.4, -0.2) is 54.4 Å². The van der Waals surface area contributed by atoms with Crippen molar-refractivity contribution in [3.63, 3.8) is 0 Å². The molecule has 5 heteroatoms. The fourth-order valence-electron chi connectivity index (χ4n) is 4.37. The summed E-state index contributed by atoms with van der Waals surface area (Å²) in [5.41, 5.74) is 0.681. The molecule has 5 nitrogen and oxygen atoms in total. The van der Waals surface area contributed by atoms with Crippen LogP contribution in [0.2, 0.25) is 0 Å². The van der Waals surface area contributed by atoms with Gasteiger partial charge in [-0.05, 0) is 49.9 Å². The van der Waals surface area contributed by atoms with Gasteiger partial charge in [-0.25, -0.2) is 0 Å². The van der Waals surface area contributed by atoms with Crippen LogP contribution in [0.15, 0.2) is 24.3 Å². The second kappa shape index (κ2) is 10.5. The lowest BCUT2D eigenvalue weighted by Crippen LogP contribution is -2.37. The van der Waals surface area contributed by atoms with Crippen molar-refractivity contribution < 1.29 is 14.3 Å². The second-order valence-corrected chi connectivity index (χ2v) is 8.03. The fraction of sp³-hybridized carbons (Fsp3) is 0.652. The van der Waals surface area contributed by atoms with Crippen molar-refractivity contribution in [1.29, 1.82) is 0 Å². The normalized spacial score (nSPS) is 18.6. The molecule has 2 aliphatic rings. The van der Waals surface area contributed by atoms with Gasteiger partial charge in [-0.1, -0.05) is 32.1 Å². The summed E-state index contributed by atoms with van der Waals surface area (Å²) in [4.78, 5) is 29.3. The molecule has 0 N–H and O–H groups in total. The van der Waals surface area contributed by atoms with Gasteiger partial charge in [0.15, 0.2) is 0 Å². The molecule has 0 unspecified atom stereocenters. The molecule has 1 aliphatic heterocycles. The number of carbonyl (C=O) groups excluding carboxylic acids is 2. The van der Waals surface area contributed by atoms with Gasteiger partial charge in [-0.3, -0.25) is 9.59 Å². The third-order valence-electron chi connectivity index (χ3n) is 6.04. The maximum Gasteiger partial charge on any atom is 0.253 e. The predicted molar refractivity (Wildman–Crippen MR) is 111 cm³/mol. The molecule has 1 aliphatic carbocycles. The highest BCUT2D eigenvalue weighted by Gasteiger charge is 2.23. The lowest BCUT2D eigenvalue weighted by atomic mass is 9.86. The van der Waals surface area contributed by atoms with E-state index in [0.29, 0.717) is 38.2 Å². The molecule has 28 heavy (non-hydrogen) atoms. The molecule has 154 valence electrons. The van der Waals surface area contributed by atoms with E-state index in [9.17, 15) is 9.59 Å². The molecular formula is C23H34N2O3. The molecule has 2 fully saturated rings. The number of rotatable bonds is 6. The Hall–Kier alpha value is -2.04. The van der Waals surface area contributed by atoms with Crippen LogP contribution in [0.1, 0.15) is 68.6 Å². The van der Waals surface area contributed by atoms with Gasteiger partial charge in [0, 0.05) is 38.2 Å². The lowest BCUT2D eigenvalue weighted by molar-refractivity contribution is -0.131. The van der Waals surface area contributed by atoms with Crippen LogP contribution in [0, 0.1) is 5.92 Å². The molecule has 1 aromatic carbocycles. The van der Waals surface area contributed by atoms with Crippen molar-refractivity contribution in [2.75, 3.05) is 32.8 Å². The third-order valence-corrected chi connectivity index (χ3v) is 6.04. The number of carbonyl (C=O) groups is 2.